The summed E-state index contributed by atoms with van der Waals surface area (Å²) in [5.41, 5.74) is 0.997. The van der Waals surface area contributed by atoms with Gasteiger partial charge in [0, 0.05) is 47.8 Å². The summed E-state index contributed by atoms with van der Waals surface area (Å²) in [6.07, 6.45) is 7.62. The molecule has 1 aromatic carbocycles. The van der Waals surface area contributed by atoms with Crippen LogP contribution in [0.1, 0.15) is 52.5 Å². The summed E-state index contributed by atoms with van der Waals surface area (Å²) in [6.45, 7) is 8.00. The number of para-hydroxylation sites is 1. The van der Waals surface area contributed by atoms with E-state index >= 15 is 0 Å². The second-order valence-corrected chi connectivity index (χ2v) is 12.4. The smallest absolute Gasteiger partial charge is 0.235 e. The summed E-state index contributed by atoms with van der Waals surface area (Å²) in [7, 11) is 0. The predicted molar refractivity (Wildman–Crippen MR) is 148 cm³/mol. The Balaban J connectivity index is 1.43. The van der Waals surface area contributed by atoms with Crippen LogP contribution in [0.5, 0.6) is 0 Å². The van der Waals surface area contributed by atoms with Crippen LogP contribution in [0, 0.1) is 29.1 Å². The zero-order valence-corrected chi connectivity index (χ0v) is 23.1. The lowest BCUT2D eigenvalue weighted by molar-refractivity contribution is -0.149. The first kappa shape index (κ1) is 26.2. The minimum absolute atomic E-state index is 0.0509. The number of hydrogen-bond donors (Lipinski definition) is 3. The normalized spacial score (nSPS) is 40.5. The molecule has 4 aliphatic rings. The van der Waals surface area contributed by atoms with Crippen LogP contribution in [0.15, 0.2) is 54.3 Å². The standard InChI is InChI=1S/C32H38N2O5/c1-17-8-7-10-22-29-31(4,39-29)19(3)27-24(15-20-16-33-23-11-6-5-9-21(20)23)34-30(38)32(22,27)26(36)13-12-25(35)28(37)18(2)14-17/h5-7,9-11,14,16-17,19,22,24,27-29,33,37H,8,12-13,15H2,1-4H3,(H,34,38). The molecule has 2 saturated heterocycles. The summed E-state index contributed by atoms with van der Waals surface area (Å²) < 4.78 is 6.35. The van der Waals surface area contributed by atoms with Gasteiger partial charge in [0.25, 0.3) is 0 Å². The molecular formula is C32H38N2O5. The molecule has 9 atom stereocenters. The third kappa shape index (κ3) is 3.88. The molecule has 7 nitrogen and oxygen atoms in total. The number of carbonyl (C=O) groups is 3. The number of benzene rings is 1. The number of aromatic nitrogens is 1. The van der Waals surface area contributed by atoms with Crippen LogP contribution < -0.4 is 5.32 Å². The van der Waals surface area contributed by atoms with Gasteiger partial charge in [-0.25, -0.2) is 0 Å². The maximum Gasteiger partial charge on any atom is 0.235 e. The van der Waals surface area contributed by atoms with E-state index in [-0.39, 0.29) is 60.2 Å². The maximum absolute atomic E-state index is 14.3. The second-order valence-electron chi connectivity index (χ2n) is 12.4. The molecule has 0 radical (unpaired) electrons. The van der Waals surface area contributed by atoms with Gasteiger partial charge in [0.1, 0.15) is 17.3 Å². The Morgan fingerprint density at radius 3 is 2.69 bits per heavy atom. The fourth-order valence-corrected chi connectivity index (χ4v) is 7.94. The van der Waals surface area contributed by atoms with Crippen molar-refractivity contribution in [1.29, 1.82) is 0 Å². The fraction of sp³-hybridized carbons (Fsp3) is 0.531. The quantitative estimate of drug-likeness (QED) is 0.308. The SMILES string of the molecule is CC1=CC(C)CC=CC2C3OC3(C)C(C)C3C(Cc4c[nH]c5ccccc45)NC(=O)C23C(=O)CCC(=O)C1O. The number of aliphatic hydroxyl groups excluding tert-OH is 1. The molecule has 0 bridgehead atoms. The summed E-state index contributed by atoms with van der Waals surface area (Å²) in [5, 5.41) is 15.0. The highest BCUT2D eigenvalue weighted by molar-refractivity contribution is 6.10. The van der Waals surface area contributed by atoms with Gasteiger partial charge in [-0.2, -0.15) is 0 Å². The van der Waals surface area contributed by atoms with E-state index in [1.807, 2.05) is 43.5 Å². The Bertz CT molecular complexity index is 1410. The molecule has 39 heavy (non-hydrogen) atoms. The van der Waals surface area contributed by atoms with Crippen molar-refractivity contribution in [2.45, 2.75) is 77.2 Å². The molecule has 1 amide bonds. The van der Waals surface area contributed by atoms with Crippen molar-refractivity contribution in [3.8, 4) is 0 Å². The van der Waals surface area contributed by atoms with Gasteiger partial charge >= 0.3 is 0 Å². The number of H-pyrrole nitrogens is 1. The van der Waals surface area contributed by atoms with Gasteiger partial charge < -0.3 is 20.1 Å². The van der Waals surface area contributed by atoms with Crippen molar-refractivity contribution < 1.29 is 24.2 Å². The van der Waals surface area contributed by atoms with E-state index in [2.05, 4.69) is 36.3 Å². The summed E-state index contributed by atoms with van der Waals surface area (Å²) >= 11 is 0. The average Bonchev–Trinajstić information content (AvgIpc) is 3.31. The number of fused-ring (bicyclic) bond motifs is 3. The Labute approximate surface area is 229 Å². The minimum atomic E-state index is -1.32. The van der Waals surface area contributed by atoms with Gasteiger partial charge in [-0.05, 0) is 55.7 Å². The number of aromatic amines is 1. The number of carbonyl (C=O) groups excluding carboxylic acids is 3. The molecule has 3 fully saturated rings. The largest absolute Gasteiger partial charge is 0.381 e. The predicted octanol–water partition coefficient (Wildman–Crippen LogP) is 4.06. The van der Waals surface area contributed by atoms with Crippen LogP contribution in [0.3, 0.4) is 0 Å². The summed E-state index contributed by atoms with van der Waals surface area (Å²) in [5.74, 6) is -1.54. The van der Waals surface area contributed by atoms with Gasteiger partial charge in [-0.15, -0.1) is 0 Å². The zero-order chi connectivity index (χ0) is 27.7. The van der Waals surface area contributed by atoms with Crippen molar-refractivity contribution in [2.75, 3.05) is 0 Å². The first-order valence-corrected chi connectivity index (χ1v) is 14.2. The van der Waals surface area contributed by atoms with Crippen LogP contribution in [0.4, 0.5) is 0 Å². The Kier molecular flexibility index (Phi) is 6.23. The summed E-state index contributed by atoms with van der Waals surface area (Å²) in [4.78, 5) is 44.7. The third-order valence-corrected chi connectivity index (χ3v) is 10.1. The fourth-order valence-electron chi connectivity index (χ4n) is 7.94. The number of ketones is 2. The van der Waals surface area contributed by atoms with Crippen molar-refractivity contribution >= 4 is 28.4 Å². The average molecular weight is 531 g/mol. The Morgan fingerprint density at radius 2 is 1.90 bits per heavy atom. The molecule has 1 spiro atoms. The van der Waals surface area contributed by atoms with Crippen LogP contribution in [0.25, 0.3) is 10.9 Å². The monoisotopic (exact) mass is 530 g/mol. The first-order valence-electron chi connectivity index (χ1n) is 14.2. The molecule has 3 N–H and O–H groups in total. The molecule has 2 aliphatic heterocycles. The zero-order valence-electron chi connectivity index (χ0n) is 23.1. The van der Waals surface area contributed by atoms with Crippen molar-refractivity contribution in [2.24, 2.45) is 29.1 Å². The van der Waals surface area contributed by atoms with Gasteiger partial charge in [0.15, 0.2) is 5.78 Å². The van der Waals surface area contributed by atoms with Crippen molar-refractivity contribution in [1.82, 2.24) is 10.3 Å². The summed E-state index contributed by atoms with van der Waals surface area (Å²) in [6, 6.07) is 7.84. The topological polar surface area (TPSA) is 112 Å². The molecular weight excluding hydrogens is 492 g/mol. The highest BCUT2D eigenvalue weighted by atomic mass is 16.6. The number of hydrogen-bond acceptors (Lipinski definition) is 5. The van der Waals surface area contributed by atoms with Crippen LogP contribution >= 0.6 is 0 Å². The van der Waals surface area contributed by atoms with Gasteiger partial charge in [0.05, 0.1) is 11.7 Å². The number of aliphatic hydroxyl groups is 1. The maximum atomic E-state index is 14.3. The molecule has 2 aliphatic carbocycles. The lowest BCUT2D eigenvalue weighted by Gasteiger charge is -2.46. The second kappa shape index (κ2) is 9.27. The molecule has 1 saturated carbocycles. The lowest BCUT2D eigenvalue weighted by atomic mass is 9.51. The number of Topliss-reactive ketones (excluding diaryl/α,β-unsaturated/α-hetero) is 2. The third-order valence-electron chi connectivity index (χ3n) is 10.1. The molecule has 3 heterocycles. The van der Waals surface area contributed by atoms with E-state index in [1.54, 1.807) is 6.92 Å². The molecule has 206 valence electrons. The molecule has 1 aromatic heterocycles. The highest BCUT2D eigenvalue weighted by Gasteiger charge is 2.78. The number of rotatable bonds is 2. The lowest BCUT2D eigenvalue weighted by Crippen LogP contribution is -2.58. The Morgan fingerprint density at radius 1 is 1.13 bits per heavy atom. The van der Waals surface area contributed by atoms with Crippen LogP contribution in [-0.2, 0) is 25.5 Å². The van der Waals surface area contributed by atoms with Gasteiger partial charge in [-0.1, -0.05) is 50.3 Å². The number of epoxide rings is 1. The van der Waals surface area contributed by atoms with Crippen LogP contribution in [-0.4, -0.2) is 51.4 Å². The number of nitrogens with one attached hydrogen (secondary N) is 2. The number of ether oxygens (including phenoxy) is 1. The van der Waals surface area contributed by atoms with Crippen molar-refractivity contribution in [3.63, 3.8) is 0 Å². The molecule has 2 aromatic rings. The van der Waals surface area contributed by atoms with E-state index in [4.69, 9.17) is 4.74 Å². The molecule has 6 rings (SSSR count). The number of amides is 1. The Hall–Kier alpha value is -3.03. The van der Waals surface area contributed by atoms with Crippen molar-refractivity contribution in [3.05, 3.63) is 59.8 Å². The van der Waals surface area contributed by atoms with Crippen LogP contribution in [0.2, 0.25) is 0 Å². The van der Waals surface area contributed by atoms with E-state index in [1.165, 1.54) is 0 Å². The molecule has 7 heteroatoms. The van der Waals surface area contributed by atoms with E-state index in [0.29, 0.717) is 18.4 Å². The first-order chi connectivity index (χ1) is 18.6. The van der Waals surface area contributed by atoms with Gasteiger partial charge in [0.2, 0.25) is 5.91 Å². The molecule has 9 unspecified atom stereocenters. The van der Waals surface area contributed by atoms with E-state index in [9.17, 15) is 19.5 Å². The van der Waals surface area contributed by atoms with E-state index < -0.39 is 23.0 Å². The van der Waals surface area contributed by atoms with Gasteiger partial charge in [-0.3, -0.25) is 14.4 Å². The number of allylic oxidation sites excluding steroid dienone is 2. The highest BCUT2D eigenvalue weighted by Crippen LogP contribution is 2.66. The minimum Gasteiger partial charge on any atom is -0.381 e. The van der Waals surface area contributed by atoms with E-state index in [0.717, 1.165) is 16.5 Å².